The van der Waals surface area contributed by atoms with Crippen LogP contribution in [-0.2, 0) is 4.74 Å². The van der Waals surface area contributed by atoms with Gasteiger partial charge >= 0.3 is 5.97 Å². The standard InChI is InChI=1S/C9H9BrN2O2/c1-14-9(13)7-3-6(10)2-5(4-11)8(7)12/h2-4,11H,12H2,1H3/p+1. The Morgan fingerprint density at radius 2 is 2.29 bits per heavy atom. The molecule has 74 valence electrons. The van der Waals surface area contributed by atoms with Crippen molar-refractivity contribution in [3.8, 4) is 0 Å². The first kappa shape index (κ1) is 10.7. The highest BCUT2D eigenvalue weighted by molar-refractivity contribution is 9.10. The second kappa shape index (κ2) is 4.23. The molecule has 0 atom stereocenters. The lowest BCUT2D eigenvalue weighted by molar-refractivity contribution is -0.104. The Labute approximate surface area is 89.7 Å². The summed E-state index contributed by atoms with van der Waals surface area (Å²) in [5, 5.41) is 5.35. The molecule has 0 saturated carbocycles. The van der Waals surface area contributed by atoms with Crippen molar-refractivity contribution >= 4 is 33.8 Å². The van der Waals surface area contributed by atoms with Gasteiger partial charge in [0.2, 0.25) is 0 Å². The number of esters is 1. The van der Waals surface area contributed by atoms with Gasteiger partial charge in [0.15, 0.2) is 6.21 Å². The Hall–Kier alpha value is -1.36. The lowest BCUT2D eigenvalue weighted by Crippen LogP contribution is -2.30. The molecule has 0 aromatic heterocycles. The predicted octanol–water partition coefficient (Wildman–Crippen LogP) is -0.00410. The molecule has 0 radical (unpaired) electrons. The van der Waals surface area contributed by atoms with Crippen molar-refractivity contribution in [1.29, 1.82) is 0 Å². The molecule has 1 aromatic rings. The van der Waals surface area contributed by atoms with Crippen LogP contribution in [0.1, 0.15) is 15.9 Å². The molecule has 1 rings (SSSR count). The van der Waals surface area contributed by atoms with Crippen molar-refractivity contribution in [2.45, 2.75) is 0 Å². The fourth-order valence-corrected chi connectivity index (χ4v) is 1.53. The highest BCUT2D eigenvalue weighted by Crippen LogP contribution is 2.22. The summed E-state index contributed by atoms with van der Waals surface area (Å²) in [5.74, 6) is -0.480. The smallest absolute Gasteiger partial charge is 0.340 e. The van der Waals surface area contributed by atoms with E-state index in [1.807, 2.05) is 0 Å². The highest BCUT2D eigenvalue weighted by Gasteiger charge is 2.14. The molecule has 4 N–H and O–H groups in total. The molecule has 1 aromatic carbocycles. The number of nitrogen functional groups attached to an aromatic ring is 1. The molecule has 0 aliphatic heterocycles. The van der Waals surface area contributed by atoms with Gasteiger partial charge in [-0.15, -0.1) is 0 Å². The number of halogens is 1. The van der Waals surface area contributed by atoms with Crippen LogP contribution in [0.25, 0.3) is 0 Å². The lowest BCUT2D eigenvalue weighted by Gasteiger charge is -2.05. The van der Waals surface area contributed by atoms with Gasteiger partial charge in [0.1, 0.15) is 0 Å². The molecule has 0 saturated heterocycles. The molecule has 0 unspecified atom stereocenters. The summed E-state index contributed by atoms with van der Waals surface area (Å²) in [4.78, 5) is 11.3. The van der Waals surface area contributed by atoms with Gasteiger partial charge in [0, 0.05) is 4.47 Å². The third-order valence-corrected chi connectivity index (χ3v) is 2.22. The van der Waals surface area contributed by atoms with E-state index in [0.717, 1.165) is 4.47 Å². The van der Waals surface area contributed by atoms with Gasteiger partial charge < -0.3 is 10.5 Å². The summed E-state index contributed by atoms with van der Waals surface area (Å²) in [6.07, 6.45) is 1.34. The second-order valence-electron chi connectivity index (χ2n) is 2.61. The Kier molecular flexibility index (Phi) is 3.24. The van der Waals surface area contributed by atoms with E-state index >= 15 is 0 Å². The zero-order valence-electron chi connectivity index (χ0n) is 7.58. The second-order valence-corrected chi connectivity index (χ2v) is 3.53. The quantitative estimate of drug-likeness (QED) is 0.445. The van der Waals surface area contributed by atoms with Crippen LogP contribution in [0.5, 0.6) is 0 Å². The molecule has 4 nitrogen and oxygen atoms in total. The summed E-state index contributed by atoms with van der Waals surface area (Å²) < 4.78 is 5.30. The van der Waals surface area contributed by atoms with Gasteiger partial charge in [-0.2, -0.15) is 0 Å². The lowest BCUT2D eigenvalue weighted by atomic mass is 10.1. The zero-order chi connectivity index (χ0) is 10.7. The zero-order valence-corrected chi connectivity index (χ0v) is 9.17. The van der Waals surface area contributed by atoms with Crippen LogP contribution in [0.15, 0.2) is 16.6 Å². The summed E-state index contributed by atoms with van der Waals surface area (Å²) in [6, 6.07) is 3.32. The fourth-order valence-electron chi connectivity index (χ4n) is 1.06. The monoisotopic (exact) mass is 257 g/mol. The van der Waals surface area contributed by atoms with Crippen molar-refractivity contribution < 1.29 is 14.9 Å². The van der Waals surface area contributed by atoms with Crippen molar-refractivity contribution in [2.75, 3.05) is 12.8 Å². The SMILES string of the molecule is COC(=O)c1cc(Br)cc(C=[NH2+])c1N. The Balaban J connectivity index is 3.36. The minimum absolute atomic E-state index is 0.304. The number of hydrogen-bond acceptors (Lipinski definition) is 3. The Morgan fingerprint density at radius 1 is 1.64 bits per heavy atom. The molecule has 0 aliphatic carbocycles. The number of carbonyl (C=O) groups excluding carboxylic acids is 1. The van der Waals surface area contributed by atoms with E-state index in [1.54, 1.807) is 12.1 Å². The third-order valence-electron chi connectivity index (χ3n) is 1.76. The number of nitrogens with two attached hydrogens (primary N) is 2. The Morgan fingerprint density at radius 3 is 2.79 bits per heavy atom. The van der Waals surface area contributed by atoms with Gasteiger partial charge in [-0.05, 0) is 12.1 Å². The molecule has 0 aliphatic rings. The molecule has 0 heterocycles. The predicted molar refractivity (Wildman–Crippen MR) is 57.0 cm³/mol. The van der Waals surface area contributed by atoms with Crippen molar-refractivity contribution in [3.63, 3.8) is 0 Å². The van der Waals surface area contributed by atoms with E-state index in [2.05, 4.69) is 20.7 Å². The van der Waals surface area contributed by atoms with Gasteiger partial charge in [-0.1, -0.05) is 15.9 Å². The van der Waals surface area contributed by atoms with Gasteiger partial charge in [-0.3, -0.25) is 5.41 Å². The molecule has 0 amide bonds. The first-order valence-electron chi connectivity index (χ1n) is 3.82. The first-order chi connectivity index (χ1) is 6.60. The molecular weight excluding hydrogens is 248 g/mol. The molecule has 0 spiro atoms. The number of anilines is 1. The van der Waals surface area contributed by atoms with E-state index in [9.17, 15) is 4.79 Å². The van der Waals surface area contributed by atoms with Crippen LogP contribution < -0.4 is 11.1 Å². The minimum Gasteiger partial charge on any atom is -0.465 e. The van der Waals surface area contributed by atoms with Crippen LogP contribution in [0.3, 0.4) is 0 Å². The van der Waals surface area contributed by atoms with E-state index in [0.29, 0.717) is 16.8 Å². The van der Waals surface area contributed by atoms with Crippen LogP contribution >= 0.6 is 15.9 Å². The summed E-state index contributed by atoms with van der Waals surface area (Å²) in [6.45, 7) is 0. The molecular formula is C9H10BrN2O2+. The van der Waals surface area contributed by atoms with Crippen molar-refractivity contribution in [3.05, 3.63) is 27.7 Å². The maximum Gasteiger partial charge on any atom is 0.340 e. The average molecular weight is 258 g/mol. The third kappa shape index (κ3) is 1.93. The van der Waals surface area contributed by atoms with Crippen LogP contribution in [-0.4, -0.2) is 19.3 Å². The van der Waals surface area contributed by atoms with Crippen molar-refractivity contribution in [1.82, 2.24) is 0 Å². The molecule has 0 fully saturated rings. The Bertz CT molecular complexity index is 391. The highest BCUT2D eigenvalue weighted by atomic mass is 79.9. The summed E-state index contributed by atoms with van der Waals surface area (Å²) in [7, 11) is 1.30. The fraction of sp³-hybridized carbons (Fsp3) is 0.111. The first-order valence-corrected chi connectivity index (χ1v) is 4.61. The van der Waals surface area contributed by atoms with Gasteiger partial charge in [0.05, 0.1) is 23.9 Å². The number of carbonyl (C=O) groups is 1. The molecule has 0 bridgehead atoms. The normalized spacial score (nSPS) is 9.57. The van der Waals surface area contributed by atoms with E-state index in [4.69, 9.17) is 11.1 Å². The van der Waals surface area contributed by atoms with E-state index < -0.39 is 5.97 Å². The number of hydrogen-bond donors (Lipinski definition) is 2. The van der Waals surface area contributed by atoms with Crippen LogP contribution in [0, 0.1) is 0 Å². The van der Waals surface area contributed by atoms with Gasteiger partial charge in [0.25, 0.3) is 0 Å². The maximum absolute atomic E-state index is 11.3. The minimum atomic E-state index is -0.480. The van der Waals surface area contributed by atoms with Crippen LogP contribution in [0.2, 0.25) is 0 Å². The molecule has 5 heteroatoms. The topological polar surface area (TPSA) is 77.9 Å². The van der Waals surface area contributed by atoms with Gasteiger partial charge in [-0.25, -0.2) is 4.79 Å². The van der Waals surface area contributed by atoms with E-state index in [-0.39, 0.29) is 0 Å². The summed E-state index contributed by atoms with van der Waals surface area (Å²) >= 11 is 3.25. The average Bonchev–Trinajstić information content (AvgIpc) is 2.19. The van der Waals surface area contributed by atoms with E-state index in [1.165, 1.54) is 13.3 Å². The molecule has 14 heavy (non-hydrogen) atoms. The summed E-state index contributed by atoms with van der Waals surface area (Å²) in [5.41, 5.74) is 6.93. The number of ether oxygens (including phenoxy) is 1. The number of methoxy groups -OCH3 is 1. The largest absolute Gasteiger partial charge is 0.465 e. The number of benzene rings is 1. The van der Waals surface area contributed by atoms with Crippen LogP contribution in [0.4, 0.5) is 5.69 Å². The van der Waals surface area contributed by atoms with Crippen molar-refractivity contribution in [2.24, 2.45) is 0 Å². The maximum atomic E-state index is 11.3. The number of rotatable bonds is 2.